The van der Waals surface area contributed by atoms with Crippen molar-refractivity contribution in [3.8, 4) is 0 Å². The molecular weight excluding hydrogens is 212 g/mol. The van der Waals surface area contributed by atoms with E-state index in [-0.39, 0.29) is 0 Å². The van der Waals surface area contributed by atoms with Crippen molar-refractivity contribution in [2.75, 3.05) is 33.4 Å². The van der Waals surface area contributed by atoms with Crippen LogP contribution in [-0.4, -0.2) is 50.3 Å². The first-order valence-corrected chi connectivity index (χ1v) is 7.29. The number of nitrogens with one attached hydrogen (secondary N) is 1. The topological polar surface area (TPSA) is 24.5 Å². The Balaban J connectivity index is 1.45. The zero-order valence-corrected chi connectivity index (χ0v) is 11.1. The highest BCUT2D eigenvalue weighted by molar-refractivity contribution is 5.00. The SMILES string of the molecule is COCCC1(CNC2CCN3CCCC23)CC1. The van der Waals surface area contributed by atoms with Crippen LogP contribution in [0, 0.1) is 5.41 Å². The summed E-state index contributed by atoms with van der Waals surface area (Å²) in [4.78, 5) is 2.69. The molecule has 2 aliphatic heterocycles. The number of methoxy groups -OCH3 is 1. The molecule has 1 aliphatic carbocycles. The third-order valence-corrected chi connectivity index (χ3v) is 5.14. The van der Waals surface area contributed by atoms with Crippen LogP contribution in [0.15, 0.2) is 0 Å². The van der Waals surface area contributed by atoms with Gasteiger partial charge in [-0.25, -0.2) is 0 Å². The summed E-state index contributed by atoms with van der Waals surface area (Å²) in [5.74, 6) is 0. The van der Waals surface area contributed by atoms with Crippen LogP contribution in [0.1, 0.15) is 38.5 Å². The monoisotopic (exact) mass is 238 g/mol. The van der Waals surface area contributed by atoms with Crippen LogP contribution in [0.25, 0.3) is 0 Å². The highest BCUT2D eigenvalue weighted by atomic mass is 16.5. The van der Waals surface area contributed by atoms with Crippen molar-refractivity contribution in [2.45, 2.75) is 50.6 Å². The summed E-state index contributed by atoms with van der Waals surface area (Å²) in [6.45, 7) is 4.83. The molecule has 0 aromatic carbocycles. The van der Waals surface area contributed by atoms with Crippen molar-refractivity contribution in [2.24, 2.45) is 5.41 Å². The van der Waals surface area contributed by atoms with Crippen LogP contribution in [0.5, 0.6) is 0 Å². The fraction of sp³-hybridized carbons (Fsp3) is 1.00. The molecule has 0 aromatic rings. The Bertz CT molecular complexity index is 265. The van der Waals surface area contributed by atoms with Crippen LogP contribution < -0.4 is 5.32 Å². The summed E-state index contributed by atoms with van der Waals surface area (Å²) in [7, 11) is 1.82. The average Bonchev–Trinajstić information content (AvgIpc) is 2.78. The van der Waals surface area contributed by atoms with Crippen molar-refractivity contribution in [1.82, 2.24) is 10.2 Å². The molecule has 1 N–H and O–H groups in total. The van der Waals surface area contributed by atoms with E-state index in [2.05, 4.69) is 10.2 Å². The van der Waals surface area contributed by atoms with Gasteiger partial charge >= 0.3 is 0 Å². The molecule has 98 valence electrons. The van der Waals surface area contributed by atoms with Gasteiger partial charge in [0.05, 0.1) is 0 Å². The zero-order chi connectivity index (χ0) is 11.7. The lowest BCUT2D eigenvalue weighted by molar-refractivity contribution is 0.169. The Morgan fingerprint density at radius 2 is 2.18 bits per heavy atom. The molecule has 1 saturated carbocycles. The minimum Gasteiger partial charge on any atom is -0.385 e. The largest absolute Gasteiger partial charge is 0.385 e. The molecule has 3 fully saturated rings. The summed E-state index contributed by atoms with van der Waals surface area (Å²) in [5.41, 5.74) is 0.599. The summed E-state index contributed by atoms with van der Waals surface area (Å²) >= 11 is 0. The van der Waals surface area contributed by atoms with E-state index in [1.807, 2.05) is 7.11 Å². The van der Waals surface area contributed by atoms with E-state index in [1.165, 1.54) is 58.2 Å². The molecule has 0 aromatic heterocycles. The maximum absolute atomic E-state index is 5.22. The molecule has 0 amide bonds. The summed E-state index contributed by atoms with van der Waals surface area (Å²) in [6.07, 6.45) is 8.26. The minimum atomic E-state index is 0.599. The minimum absolute atomic E-state index is 0.599. The van der Waals surface area contributed by atoms with E-state index in [1.54, 1.807) is 0 Å². The number of nitrogens with zero attached hydrogens (tertiary/aromatic N) is 1. The molecule has 2 heterocycles. The van der Waals surface area contributed by atoms with Crippen molar-refractivity contribution in [3.05, 3.63) is 0 Å². The zero-order valence-electron chi connectivity index (χ0n) is 11.1. The molecule has 0 radical (unpaired) electrons. The first-order chi connectivity index (χ1) is 8.33. The van der Waals surface area contributed by atoms with E-state index < -0.39 is 0 Å². The average molecular weight is 238 g/mol. The second-order valence-electron chi connectivity index (χ2n) is 6.26. The van der Waals surface area contributed by atoms with Crippen LogP contribution >= 0.6 is 0 Å². The first-order valence-electron chi connectivity index (χ1n) is 7.29. The van der Waals surface area contributed by atoms with Gasteiger partial charge in [0.25, 0.3) is 0 Å². The van der Waals surface area contributed by atoms with Crippen molar-refractivity contribution >= 4 is 0 Å². The fourth-order valence-electron chi connectivity index (χ4n) is 3.68. The second-order valence-corrected chi connectivity index (χ2v) is 6.26. The van der Waals surface area contributed by atoms with Crippen LogP contribution in [-0.2, 0) is 4.74 Å². The lowest BCUT2D eigenvalue weighted by Gasteiger charge is -2.24. The smallest absolute Gasteiger partial charge is 0.0468 e. The number of rotatable bonds is 6. The first kappa shape index (κ1) is 11.9. The Hall–Kier alpha value is -0.120. The molecule has 2 saturated heterocycles. The van der Waals surface area contributed by atoms with Crippen LogP contribution in [0.4, 0.5) is 0 Å². The van der Waals surface area contributed by atoms with Gasteiger partial charge in [0.2, 0.25) is 0 Å². The second kappa shape index (κ2) is 4.87. The molecule has 3 rings (SSSR count). The Kier molecular flexibility index (Phi) is 3.42. The lowest BCUT2D eigenvalue weighted by Crippen LogP contribution is -2.41. The highest BCUT2D eigenvalue weighted by Crippen LogP contribution is 2.48. The van der Waals surface area contributed by atoms with Crippen LogP contribution in [0.3, 0.4) is 0 Å². The standard InChI is InChI=1S/C14H26N2O/c1-17-10-7-14(5-6-14)11-15-12-4-9-16-8-2-3-13(12)16/h12-13,15H,2-11H2,1H3. The lowest BCUT2D eigenvalue weighted by atomic mass is 10.0. The molecule has 3 nitrogen and oxygen atoms in total. The number of hydrogen-bond acceptors (Lipinski definition) is 3. The van der Waals surface area contributed by atoms with Crippen molar-refractivity contribution in [1.29, 1.82) is 0 Å². The fourth-order valence-corrected chi connectivity index (χ4v) is 3.68. The van der Waals surface area contributed by atoms with Gasteiger partial charge in [-0.2, -0.15) is 0 Å². The third-order valence-electron chi connectivity index (χ3n) is 5.14. The van der Waals surface area contributed by atoms with Gasteiger partial charge in [-0.15, -0.1) is 0 Å². The van der Waals surface area contributed by atoms with E-state index >= 15 is 0 Å². The van der Waals surface area contributed by atoms with Crippen molar-refractivity contribution < 1.29 is 4.74 Å². The van der Waals surface area contributed by atoms with Gasteiger partial charge in [-0.3, -0.25) is 4.90 Å². The summed E-state index contributed by atoms with van der Waals surface area (Å²) in [5, 5.41) is 3.87. The Labute approximate surface area is 105 Å². The van der Waals surface area contributed by atoms with Gasteiger partial charge < -0.3 is 10.1 Å². The summed E-state index contributed by atoms with van der Waals surface area (Å²) in [6, 6.07) is 1.63. The highest BCUT2D eigenvalue weighted by Gasteiger charge is 2.44. The van der Waals surface area contributed by atoms with Gasteiger partial charge in [0.1, 0.15) is 0 Å². The molecule has 3 heteroatoms. The third kappa shape index (κ3) is 2.51. The normalized spacial score (nSPS) is 35.1. The van der Waals surface area contributed by atoms with Crippen LogP contribution in [0.2, 0.25) is 0 Å². The van der Waals surface area contributed by atoms with Gasteiger partial charge in [0, 0.05) is 38.9 Å². The van der Waals surface area contributed by atoms with E-state index in [9.17, 15) is 0 Å². The van der Waals surface area contributed by atoms with Gasteiger partial charge in [0.15, 0.2) is 0 Å². The number of hydrogen-bond donors (Lipinski definition) is 1. The van der Waals surface area contributed by atoms with E-state index in [0.717, 1.165) is 18.7 Å². The molecule has 0 bridgehead atoms. The number of ether oxygens (including phenoxy) is 1. The van der Waals surface area contributed by atoms with E-state index in [4.69, 9.17) is 4.74 Å². The molecular formula is C14H26N2O. The molecule has 0 spiro atoms. The molecule has 2 unspecified atom stereocenters. The van der Waals surface area contributed by atoms with Gasteiger partial charge in [-0.05, 0) is 50.5 Å². The summed E-state index contributed by atoms with van der Waals surface area (Å²) < 4.78 is 5.22. The quantitative estimate of drug-likeness (QED) is 0.761. The number of fused-ring (bicyclic) bond motifs is 1. The maximum atomic E-state index is 5.22. The molecule has 2 atom stereocenters. The van der Waals surface area contributed by atoms with Crippen molar-refractivity contribution in [3.63, 3.8) is 0 Å². The molecule has 17 heavy (non-hydrogen) atoms. The predicted molar refractivity (Wildman–Crippen MR) is 69.2 cm³/mol. The Morgan fingerprint density at radius 1 is 1.29 bits per heavy atom. The Morgan fingerprint density at radius 3 is 2.94 bits per heavy atom. The maximum Gasteiger partial charge on any atom is 0.0468 e. The predicted octanol–water partition coefficient (Wildman–Crippen LogP) is 1.63. The van der Waals surface area contributed by atoms with E-state index in [0.29, 0.717) is 5.41 Å². The van der Waals surface area contributed by atoms with Gasteiger partial charge in [-0.1, -0.05) is 0 Å². The molecule has 3 aliphatic rings.